The number of fused-ring (bicyclic) bond motifs is 2. The van der Waals surface area contributed by atoms with Gasteiger partial charge in [-0.3, -0.25) is 0 Å². The molecule has 0 spiro atoms. The fourth-order valence-corrected chi connectivity index (χ4v) is 3.19. The van der Waals surface area contributed by atoms with Gasteiger partial charge in [0.1, 0.15) is 10.8 Å². The van der Waals surface area contributed by atoms with Crippen LogP contribution in [-0.2, 0) is 6.42 Å². The van der Waals surface area contributed by atoms with Crippen LogP contribution in [0, 0.1) is 13.8 Å². The average Bonchev–Trinajstić information content (AvgIpc) is 3.12. The van der Waals surface area contributed by atoms with Gasteiger partial charge in [-0.15, -0.1) is 0 Å². The second-order valence-corrected chi connectivity index (χ2v) is 6.30. The Kier molecular flexibility index (Phi) is 3.04. The lowest BCUT2D eigenvalue weighted by Gasteiger charge is -2.08. The summed E-state index contributed by atoms with van der Waals surface area (Å²) >= 11 is 1.61. The Morgan fingerprint density at radius 1 is 1.27 bits per heavy atom. The maximum absolute atomic E-state index is 4.58. The van der Waals surface area contributed by atoms with Crippen LogP contribution in [0.2, 0.25) is 0 Å². The Morgan fingerprint density at radius 3 is 3.05 bits per heavy atom. The number of aromatic nitrogens is 6. The summed E-state index contributed by atoms with van der Waals surface area (Å²) in [4.78, 5) is 9.96. The van der Waals surface area contributed by atoms with E-state index in [1.807, 2.05) is 41.2 Å². The minimum absolute atomic E-state index is 0.780. The van der Waals surface area contributed by atoms with E-state index in [1.165, 1.54) is 0 Å². The van der Waals surface area contributed by atoms with Crippen molar-refractivity contribution in [2.24, 2.45) is 0 Å². The number of nitrogens with zero attached hydrogens (tertiary/aromatic N) is 6. The van der Waals surface area contributed by atoms with Crippen molar-refractivity contribution in [3.05, 3.63) is 40.9 Å². The third kappa shape index (κ3) is 2.31. The molecule has 4 rings (SSSR count). The average molecular weight is 313 g/mol. The van der Waals surface area contributed by atoms with E-state index in [0.29, 0.717) is 0 Å². The number of rotatable bonds is 4. The number of nitrogens with one attached hydrogen (secondary N) is 1. The second kappa shape index (κ2) is 5.06. The molecule has 0 amide bonds. The van der Waals surface area contributed by atoms with Crippen LogP contribution in [0.5, 0.6) is 0 Å². The lowest BCUT2D eigenvalue weighted by Crippen LogP contribution is -2.10. The fourth-order valence-electron chi connectivity index (χ4n) is 2.45. The van der Waals surface area contributed by atoms with Gasteiger partial charge in [-0.1, -0.05) is 11.3 Å². The summed E-state index contributed by atoms with van der Waals surface area (Å²) in [6, 6.07) is 3.90. The Bertz CT molecular complexity index is 917. The smallest absolute Gasteiger partial charge is 0.212 e. The molecule has 4 aromatic heterocycles. The number of hydrogen-bond donors (Lipinski definition) is 1. The first-order valence-corrected chi connectivity index (χ1v) is 7.88. The van der Waals surface area contributed by atoms with Crippen LogP contribution in [0.1, 0.15) is 16.4 Å². The predicted molar refractivity (Wildman–Crippen MR) is 85.5 cm³/mol. The van der Waals surface area contributed by atoms with Crippen LogP contribution < -0.4 is 5.32 Å². The Morgan fingerprint density at radius 2 is 2.18 bits per heavy atom. The molecule has 112 valence electrons. The maximum atomic E-state index is 4.58. The van der Waals surface area contributed by atoms with Crippen molar-refractivity contribution in [2.45, 2.75) is 20.3 Å². The van der Waals surface area contributed by atoms with Gasteiger partial charge in [0, 0.05) is 30.8 Å². The van der Waals surface area contributed by atoms with E-state index in [4.69, 9.17) is 0 Å². The molecular formula is C14H15N7S. The molecule has 0 bridgehead atoms. The highest BCUT2D eigenvalue weighted by atomic mass is 32.1. The van der Waals surface area contributed by atoms with Crippen LogP contribution in [0.3, 0.4) is 0 Å². The molecular weight excluding hydrogens is 298 g/mol. The molecule has 0 aliphatic carbocycles. The van der Waals surface area contributed by atoms with Gasteiger partial charge in [0.05, 0.1) is 18.1 Å². The zero-order valence-corrected chi connectivity index (χ0v) is 13.1. The third-order valence-electron chi connectivity index (χ3n) is 3.37. The van der Waals surface area contributed by atoms with Crippen LogP contribution in [0.4, 0.5) is 5.82 Å². The molecule has 22 heavy (non-hydrogen) atoms. The molecule has 0 aromatic carbocycles. The Labute approximate surface area is 130 Å². The van der Waals surface area contributed by atoms with E-state index in [-0.39, 0.29) is 0 Å². The summed E-state index contributed by atoms with van der Waals surface area (Å²) in [6.45, 7) is 4.75. The van der Waals surface area contributed by atoms with E-state index >= 15 is 0 Å². The molecule has 0 fully saturated rings. The zero-order chi connectivity index (χ0) is 15.1. The van der Waals surface area contributed by atoms with Gasteiger partial charge in [0.15, 0.2) is 5.65 Å². The molecule has 4 heterocycles. The summed E-state index contributed by atoms with van der Waals surface area (Å²) in [6.07, 6.45) is 4.57. The van der Waals surface area contributed by atoms with Gasteiger partial charge in [0.2, 0.25) is 4.96 Å². The highest BCUT2D eigenvalue weighted by Crippen LogP contribution is 2.15. The van der Waals surface area contributed by atoms with Gasteiger partial charge < -0.3 is 5.32 Å². The molecule has 0 aliphatic rings. The van der Waals surface area contributed by atoms with Gasteiger partial charge >= 0.3 is 0 Å². The molecule has 0 aliphatic heterocycles. The third-order valence-corrected chi connectivity index (χ3v) is 4.21. The summed E-state index contributed by atoms with van der Waals surface area (Å²) < 4.78 is 3.65. The number of aryl methyl sites for hydroxylation is 2. The van der Waals surface area contributed by atoms with E-state index < -0.39 is 0 Å². The molecule has 0 atom stereocenters. The van der Waals surface area contributed by atoms with E-state index in [0.717, 1.165) is 45.8 Å². The first kappa shape index (κ1) is 13.2. The number of hydrogen-bond acceptors (Lipinski definition) is 6. The highest BCUT2D eigenvalue weighted by molar-refractivity contribution is 7.16. The van der Waals surface area contributed by atoms with Crippen molar-refractivity contribution in [1.29, 1.82) is 0 Å². The standard InChI is InChI=1S/C14H15N7S/c1-9-7-13(21-12(17-9)4-6-16-21)15-5-3-11-8-20-14(18-11)22-10(2)19-20/h4,6-8,15H,3,5H2,1-2H3. The molecule has 0 unspecified atom stereocenters. The van der Waals surface area contributed by atoms with Crippen LogP contribution in [-0.4, -0.2) is 35.7 Å². The first-order chi connectivity index (χ1) is 10.7. The predicted octanol–water partition coefficient (Wildman–Crippen LogP) is 2.10. The maximum Gasteiger partial charge on any atom is 0.212 e. The zero-order valence-electron chi connectivity index (χ0n) is 12.3. The van der Waals surface area contributed by atoms with Crippen molar-refractivity contribution in [3.63, 3.8) is 0 Å². The Balaban J connectivity index is 1.49. The Hall–Kier alpha value is -2.48. The second-order valence-electron chi connectivity index (χ2n) is 5.14. The lowest BCUT2D eigenvalue weighted by molar-refractivity contribution is 0.895. The van der Waals surface area contributed by atoms with Crippen LogP contribution in [0.15, 0.2) is 24.5 Å². The van der Waals surface area contributed by atoms with E-state index in [1.54, 1.807) is 17.5 Å². The van der Waals surface area contributed by atoms with Crippen LogP contribution in [0.25, 0.3) is 10.6 Å². The lowest BCUT2D eigenvalue weighted by atomic mass is 10.3. The molecule has 7 nitrogen and oxygen atoms in total. The monoisotopic (exact) mass is 313 g/mol. The van der Waals surface area contributed by atoms with E-state index in [9.17, 15) is 0 Å². The molecule has 1 N–H and O–H groups in total. The number of imidazole rings is 1. The minimum Gasteiger partial charge on any atom is -0.370 e. The molecule has 0 radical (unpaired) electrons. The van der Waals surface area contributed by atoms with Crippen molar-refractivity contribution in [1.82, 2.24) is 29.2 Å². The number of anilines is 1. The van der Waals surface area contributed by atoms with Crippen molar-refractivity contribution in [2.75, 3.05) is 11.9 Å². The molecule has 4 aromatic rings. The van der Waals surface area contributed by atoms with Gasteiger partial charge in [-0.2, -0.15) is 14.7 Å². The van der Waals surface area contributed by atoms with Crippen LogP contribution >= 0.6 is 11.3 Å². The summed E-state index contributed by atoms with van der Waals surface area (Å²) in [5, 5.41) is 13.1. The highest BCUT2D eigenvalue weighted by Gasteiger charge is 2.07. The quantitative estimate of drug-likeness (QED) is 0.625. The molecule has 0 saturated heterocycles. The van der Waals surface area contributed by atoms with Gasteiger partial charge in [0.25, 0.3) is 0 Å². The summed E-state index contributed by atoms with van der Waals surface area (Å²) in [5.41, 5.74) is 2.86. The normalized spacial score (nSPS) is 11.5. The van der Waals surface area contributed by atoms with Crippen molar-refractivity contribution in [3.8, 4) is 0 Å². The topological polar surface area (TPSA) is 72.4 Å². The largest absolute Gasteiger partial charge is 0.370 e. The van der Waals surface area contributed by atoms with Crippen molar-refractivity contribution < 1.29 is 0 Å². The molecule has 8 heteroatoms. The summed E-state index contributed by atoms with van der Waals surface area (Å²) in [7, 11) is 0. The summed E-state index contributed by atoms with van der Waals surface area (Å²) in [5.74, 6) is 0.947. The minimum atomic E-state index is 0.780. The van der Waals surface area contributed by atoms with Gasteiger partial charge in [-0.25, -0.2) is 14.5 Å². The SMILES string of the molecule is Cc1cc(NCCc2cn3nc(C)sc3n2)n2nccc2n1. The van der Waals surface area contributed by atoms with Gasteiger partial charge in [-0.05, 0) is 13.8 Å². The first-order valence-electron chi connectivity index (χ1n) is 7.06. The fraction of sp³-hybridized carbons (Fsp3) is 0.286. The molecule has 0 saturated carbocycles. The van der Waals surface area contributed by atoms with Crippen molar-refractivity contribution >= 4 is 27.8 Å². The van der Waals surface area contributed by atoms with E-state index in [2.05, 4.69) is 25.5 Å².